The van der Waals surface area contributed by atoms with E-state index in [4.69, 9.17) is 15.4 Å². The van der Waals surface area contributed by atoms with Crippen molar-refractivity contribution in [3.63, 3.8) is 0 Å². The van der Waals surface area contributed by atoms with Crippen LogP contribution in [0.1, 0.15) is 19.3 Å². The summed E-state index contributed by atoms with van der Waals surface area (Å²) in [5.41, 5.74) is 6.53. The van der Waals surface area contributed by atoms with Crippen LogP contribution in [-0.4, -0.2) is 19.2 Å². The molecule has 2 N–H and O–H groups in total. The van der Waals surface area contributed by atoms with E-state index >= 15 is 0 Å². The van der Waals surface area contributed by atoms with Gasteiger partial charge in [-0.3, -0.25) is 0 Å². The normalized spacial score (nSPS) is 16.9. The van der Waals surface area contributed by atoms with Crippen LogP contribution in [0.25, 0.3) is 11.1 Å². The molecule has 0 amide bonds. The maximum Gasteiger partial charge on any atom is 0.316 e. The Labute approximate surface area is 116 Å². The van der Waals surface area contributed by atoms with Crippen molar-refractivity contribution in [3.05, 3.63) is 18.2 Å². The Kier molecular flexibility index (Phi) is 2.73. The molecule has 0 bridgehead atoms. The largest absolute Gasteiger partial charge is 0.428 e. The number of nitriles is 1. The molecule has 7 heteroatoms. The number of aromatic nitrogens is 1. The maximum absolute atomic E-state index is 12.3. The number of hydrogen-bond donors (Lipinski definition) is 1. The second kappa shape index (κ2) is 4.21. The molecule has 6 nitrogen and oxygen atoms in total. The number of nitrogens with two attached hydrogens (primary N) is 1. The van der Waals surface area contributed by atoms with Crippen molar-refractivity contribution in [3.8, 4) is 6.07 Å². The Balaban J connectivity index is 1.95. The molecule has 0 saturated heterocycles. The SMILES string of the molecule is N#CCC1(CS(=O)(=O)c2nc3cc(N)ccc3o2)CC1. The molecule has 1 saturated carbocycles. The Morgan fingerprint density at radius 2 is 2.20 bits per heavy atom. The first kappa shape index (κ1) is 12.9. The second-order valence-electron chi connectivity index (χ2n) is 5.30. The summed E-state index contributed by atoms with van der Waals surface area (Å²) in [7, 11) is -3.62. The third kappa shape index (κ3) is 2.23. The van der Waals surface area contributed by atoms with Crippen LogP contribution in [0.3, 0.4) is 0 Å². The Morgan fingerprint density at radius 1 is 1.45 bits per heavy atom. The number of nitrogen functional groups attached to an aromatic ring is 1. The number of sulfone groups is 1. The van der Waals surface area contributed by atoms with Crippen molar-refractivity contribution in [2.75, 3.05) is 11.5 Å². The van der Waals surface area contributed by atoms with Gasteiger partial charge in [0.1, 0.15) is 5.52 Å². The molecular weight excluding hydrogens is 278 g/mol. The number of nitrogens with zero attached hydrogens (tertiary/aromatic N) is 2. The Bertz CT molecular complexity index is 813. The molecule has 20 heavy (non-hydrogen) atoms. The first-order chi connectivity index (χ1) is 9.44. The van der Waals surface area contributed by atoms with Crippen molar-refractivity contribution in [1.82, 2.24) is 4.98 Å². The number of fused-ring (bicyclic) bond motifs is 1. The third-order valence-corrected chi connectivity index (χ3v) is 5.26. The quantitative estimate of drug-likeness (QED) is 0.861. The molecule has 1 fully saturated rings. The zero-order valence-corrected chi connectivity index (χ0v) is 11.5. The smallest absolute Gasteiger partial charge is 0.316 e. The van der Waals surface area contributed by atoms with Gasteiger partial charge in [-0.15, -0.1) is 0 Å². The van der Waals surface area contributed by atoms with Crippen LogP contribution < -0.4 is 5.73 Å². The van der Waals surface area contributed by atoms with Gasteiger partial charge in [0.2, 0.25) is 9.84 Å². The van der Waals surface area contributed by atoms with Crippen LogP contribution in [-0.2, 0) is 9.84 Å². The van der Waals surface area contributed by atoms with E-state index in [0.717, 1.165) is 12.8 Å². The predicted molar refractivity (Wildman–Crippen MR) is 72.4 cm³/mol. The van der Waals surface area contributed by atoms with Crippen molar-refractivity contribution in [2.45, 2.75) is 24.5 Å². The van der Waals surface area contributed by atoms with Crippen molar-refractivity contribution in [2.24, 2.45) is 5.41 Å². The van der Waals surface area contributed by atoms with Gasteiger partial charge in [-0.1, -0.05) is 0 Å². The second-order valence-corrected chi connectivity index (χ2v) is 7.17. The molecule has 0 spiro atoms. The van der Waals surface area contributed by atoms with Crippen LogP contribution in [0.15, 0.2) is 27.8 Å². The number of hydrogen-bond acceptors (Lipinski definition) is 6. The van der Waals surface area contributed by atoms with Gasteiger partial charge in [-0.2, -0.15) is 10.2 Å². The number of rotatable bonds is 4. The predicted octanol–water partition coefficient (Wildman–Crippen LogP) is 1.88. The molecule has 0 unspecified atom stereocenters. The number of benzene rings is 1. The van der Waals surface area contributed by atoms with Crippen molar-refractivity contribution in [1.29, 1.82) is 5.26 Å². The molecule has 104 valence electrons. The highest BCUT2D eigenvalue weighted by molar-refractivity contribution is 7.91. The molecule has 0 atom stereocenters. The molecule has 1 heterocycles. The lowest BCUT2D eigenvalue weighted by Crippen LogP contribution is -2.17. The van der Waals surface area contributed by atoms with E-state index in [0.29, 0.717) is 16.8 Å². The van der Waals surface area contributed by atoms with Crippen LogP contribution in [0.2, 0.25) is 0 Å². The summed E-state index contributed by atoms with van der Waals surface area (Å²) in [6.45, 7) is 0. The van der Waals surface area contributed by atoms with Crippen LogP contribution in [0, 0.1) is 16.7 Å². The van der Waals surface area contributed by atoms with Gasteiger partial charge >= 0.3 is 5.22 Å². The third-order valence-electron chi connectivity index (χ3n) is 3.57. The van der Waals surface area contributed by atoms with Gasteiger partial charge < -0.3 is 10.2 Å². The maximum atomic E-state index is 12.3. The topological polar surface area (TPSA) is 110 Å². The lowest BCUT2D eigenvalue weighted by molar-refractivity contribution is 0.450. The number of anilines is 1. The van der Waals surface area contributed by atoms with E-state index in [1.165, 1.54) is 0 Å². The highest BCUT2D eigenvalue weighted by Gasteiger charge is 2.47. The van der Waals surface area contributed by atoms with E-state index in [9.17, 15) is 8.42 Å². The molecule has 1 aliphatic carbocycles. The van der Waals surface area contributed by atoms with E-state index < -0.39 is 15.3 Å². The van der Waals surface area contributed by atoms with Crippen LogP contribution in [0.4, 0.5) is 5.69 Å². The summed E-state index contributed by atoms with van der Waals surface area (Å²) in [4.78, 5) is 4.00. The molecule has 1 aromatic heterocycles. The average molecular weight is 291 g/mol. The minimum atomic E-state index is -3.62. The summed E-state index contributed by atoms with van der Waals surface area (Å²) in [6, 6.07) is 6.84. The van der Waals surface area contributed by atoms with Crippen molar-refractivity contribution < 1.29 is 12.8 Å². The van der Waals surface area contributed by atoms with Gasteiger partial charge in [0, 0.05) is 12.1 Å². The summed E-state index contributed by atoms with van der Waals surface area (Å²) in [5.74, 6) is -0.0874. The summed E-state index contributed by atoms with van der Waals surface area (Å²) >= 11 is 0. The van der Waals surface area contributed by atoms with E-state index in [2.05, 4.69) is 4.98 Å². The van der Waals surface area contributed by atoms with Crippen molar-refractivity contribution >= 4 is 26.6 Å². The monoisotopic (exact) mass is 291 g/mol. The number of oxazole rings is 1. The highest BCUT2D eigenvalue weighted by Crippen LogP contribution is 2.50. The summed E-state index contributed by atoms with van der Waals surface area (Å²) in [6.07, 6.45) is 1.76. The molecular formula is C13H13N3O3S. The Morgan fingerprint density at radius 3 is 2.85 bits per heavy atom. The van der Waals surface area contributed by atoms with E-state index in [1.807, 2.05) is 6.07 Å². The molecule has 3 rings (SSSR count). The van der Waals surface area contributed by atoms with E-state index in [1.54, 1.807) is 18.2 Å². The fourth-order valence-corrected chi connectivity index (χ4v) is 4.01. The van der Waals surface area contributed by atoms with Gasteiger partial charge in [-0.05, 0) is 36.5 Å². The lowest BCUT2D eigenvalue weighted by Gasteiger charge is -2.08. The van der Waals surface area contributed by atoms with Gasteiger partial charge in [0.05, 0.1) is 11.8 Å². The zero-order valence-electron chi connectivity index (χ0n) is 10.7. The zero-order chi connectivity index (χ0) is 14.4. The van der Waals surface area contributed by atoms with Crippen LogP contribution >= 0.6 is 0 Å². The minimum Gasteiger partial charge on any atom is -0.428 e. The first-order valence-electron chi connectivity index (χ1n) is 6.20. The molecule has 0 radical (unpaired) electrons. The highest BCUT2D eigenvalue weighted by atomic mass is 32.2. The standard InChI is InChI=1S/C13H13N3O3S/c14-6-5-13(3-4-13)8-20(17,18)12-16-10-7-9(15)1-2-11(10)19-12/h1-2,7H,3-5,8,15H2. The summed E-state index contributed by atoms with van der Waals surface area (Å²) < 4.78 is 29.9. The fourth-order valence-electron chi connectivity index (χ4n) is 2.24. The summed E-state index contributed by atoms with van der Waals surface area (Å²) in [5, 5.41) is 8.47. The molecule has 1 aliphatic rings. The van der Waals surface area contributed by atoms with E-state index in [-0.39, 0.29) is 17.4 Å². The fraction of sp³-hybridized carbons (Fsp3) is 0.385. The van der Waals surface area contributed by atoms with Gasteiger partial charge in [-0.25, -0.2) is 8.42 Å². The van der Waals surface area contributed by atoms with Gasteiger partial charge in [0.25, 0.3) is 0 Å². The lowest BCUT2D eigenvalue weighted by atomic mass is 10.1. The minimum absolute atomic E-state index is 0.0874. The average Bonchev–Trinajstić information content (AvgIpc) is 2.97. The molecule has 2 aromatic rings. The van der Waals surface area contributed by atoms with Gasteiger partial charge in [0.15, 0.2) is 5.58 Å². The first-order valence-corrected chi connectivity index (χ1v) is 7.85. The Hall–Kier alpha value is -2.07. The van der Waals surface area contributed by atoms with Crippen LogP contribution in [0.5, 0.6) is 0 Å². The molecule has 0 aliphatic heterocycles. The molecule has 1 aromatic carbocycles.